The molecule has 1 aliphatic heterocycles. The Balaban J connectivity index is 1.73. The number of fused-ring (bicyclic) bond motifs is 1. The van der Waals surface area contributed by atoms with Crippen LogP contribution in [0.25, 0.3) is 0 Å². The molecule has 1 aliphatic carbocycles. The van der Waals surface area contributed by atoms with E-state index in [1.165, 1.54) is 5.01 Å². The summed E-state index contributed by atoms with van der Waals surface area (Å²) >= 11 is 25.5. The molecule has 1 heterocycles. The van der Waals surface area contributed by atoms with Gasteiger partial charge in [-0.25, -0.2) is 5.01 Å². The summed E-state index contributed by atoms with van der Waals surface area (Å²) in [5.41, 5.74) is 0.859. The summed E-state index contributed by atoms with van der Waals surface area (Å²) in [5, 5.41) is 3.43. The zero-order valence-corrected chi connectivity index (χ0v) is 21.9. The summed E-state index contributed by atoms with van der Waals surface area (Å²) < 4.78 is 0. The highest BCUT2D eigenvalue weighted by Gasteiger charge is 2.54. The van der Waals surface area contributed by atoms with Crippen LogP contribution in [0.5, 0.6) is 0 Å². The summed E-state index contributed by atoms with van der Waals surface area (Å²) in [7, 11) is 0. The van der Waals surface area contributed by atoms with E-state index in [1.807, 2.05) is 0 Å². The van der Waals surface area contributed by atoms with Crippen molar-refractivity contribution in [1.29, 1.82) is 0 Å². The molecule has 0 unspecified atom stereocenters. The van der Waals surface area contributed by atoms with Gasteiger partial charge in [0.25, 0.3) is 17.7 Å². The largest absolute Gasteiger partial charge is 0.273 e. The Hall–Kier alpha value is -1.12. The second-order valence-corrected chi connectivity index (χ2v) is 11.4. The van der Waals surface area contributed by atoms with Gasteiger partial charge in [-0.2, -0.15) is 5.01 Å². The molecule has 0 aromatic heterocycles. The predicted molar refractivity (Wildman–Crippen MR) is 131 cm³/mol. The zero-order chi connectivity index (χ0) is 23.2. The van der Waals surface area contributed by atoms with E-state index in [0.717, 1.165) is 5.01 Å². The van der Waals surface area contributed by atoms with Gasteiger partial charge in [-0.1, -0.05) is 72.7 Å². The van der Waals surface area contributed by atoms with Crippen molar-refractivity contribution in [2.24, 2.45) is 11.8 Å². The topological polar surface area (TPSA) is 57.7 Å². The number of carbonyl (C=O) groups is 3. The first kappa shape index (κ1) is 24.0. The second-order valence-electron chi connectivity index (χ2n) is 7.81. The molecule has 0 radical (unpaired) electrons. The van der Waals surface area contributed by atoms with Crippen LogP contribution in [0.1, 0.15) is 28.8 Å². The van der Waals surface area contributed by atoms with Crippen molar-refractivity contribution in [1.82, 2.24) is 10.0 Å². The maximum Gasteiger partial charge on any atom is 0.273 e. The molecule has 1 saturated heterocycles. The Morgan fingerprint density at radius 3 is 1.97 bits per heavy atom. The van der Waals surface area contributed by atoms with Crippen LogP contribution in [0.3, 0.4) is 0 Å². The lowest BCUT2D eigenvalue weighted by molar-refractivity contribution is -0.155. The minimum absolute atomic E-state index is 0.0616. The predicted octanol–water partition coefficient (Wildman–Crippen LogP) is 6.13. The van der Waals surface area contributed by atoms with E-state index in [1.54, 1.807) is 42.5 Å². The van der Waals surface area contributed by atoms with Crippen molar-refractivity contribution < 1.29 is 14.4 Å². The molecule has 5 nitrogen and oxygen atoms in total. The van der Waals surface area contributed by atoms with Gasteiger partial charge in [-0.3, -0.25) is 14.4 Å². The lowest BCUT2D eigenvalue weighted by atomic mass is 9.81. The number of hydrogen-bond donors (Lipinski definition) is 0. The van der Waals surface area contributed by atoms with Crippen LogP contribution in [0.15, 0.2) is 42.5 Å². The van der Waals surface area contributed by atoms with Crippen LogP contribution in [-0.4, -0.2) is 37.4 Å². The van der Waals surface area contributed by atoms with E-state index in [4.69, 9.17) is 34.8 Å². The molecule has 2 fully saturated rings. The number of halogens is 5. The van der Waals surface area contributed by atoms with Crippen molar-refractivity contribution >= 4 is 84.4 Å². The fourth-order valence-corrected chi connectivity index (χ4v) is 5.93. The molecule has 2 aliphatic rings. The quantitative estimate of drug-likeness (QED) is 0.305. The first-order valence-electron chi connectivity index (χ1n) is 9.84. The number of rotatable bonds is 4. The first-order valence-corrected chi connectivity index (χ1v) is 12.8. The standard InChI is InChI=1S/C22H17Br2Cl3N2O3/c23-17-8-15-16(9-18(17)24)22(32)29(21(15)31)28(10-12-3-6-14(26)7-19(12)27)20(30)11-1-4-13(25)5-2-11/h1-7,15-18H,8-10H2/t15-,16+,17+,18-. The highest BCUT2D eigenvalue weighted by atomic mass is 79.9. The third-order valence-electron chi connectivity index (χ3n) is 5.79. The number of imide groups is 1. The molecule has 1 saturated carbocycles. The van der Waals surface area contributed by atoms with Crippen LogP contribution >= 0.6 is 66.7 Å². The normalized spacial score (nSPS) is 25.1. The molecule has 10 heteroatoms. The van der Waals surface area contributed by atoms with Crippen LogP contribution in [-0.2, 0) is 16.1 Å². The Bertz CT molecular complexity index is 1050. The maximum atomic E-state index is 13.5. The number of hydrazine groups is 1. The summed E-state index contributed by atoms with van der Waals surface area (Å²) in [6.07, 6.45) is 1.01. The van der Waals surface area contributed by atoms with Crippen LogP contribution in [0, 0.1) is 11.8 Å². The Morgan fingerprint density at radius 1 is 0.906 bits per heavy atom. The summed E-state index contributed by atoms with van der Waals surface area (Å²) in [6.45, 7) is -0.0656. The summed E-state index contributed by atoms with van der Waals surface area (Å²) in [5.74, 6) is -2.23. The highest BCUT2D eigenvalue weighted by Crippen LogP contribution is 2.44. The lowest BCUT2D eigenvalue weighted by Gasteiger charge is -2.31. The molecule has 4 rings (SSSR count). The smallest absolute Gasteiger partial charge is 0.272 e. The molecule has 0 N–H and O–H groups in total. The maximum absolute atomic E-state index is 13.5. The third-order valence-corrected chi connectivity index (χ3v) is 9.36. The minimum atomic E-state index is -0.501. The fraction of sp³-hybridized carbons (Fsp3) is 0.318. The minimum Gasteiger partial charge on any atom is -0.272 e. The molecule has 2 aromatic carbocycles. The molecule has 0 bridgehead atoms. The molecule has 168 valence electrons. The van der Waals surface area contributed by atoms with Crippen LogP contribution in [0.4, 0.5) is 0 Å². The van der Waals surface area contributed by atoms with Gasteiger partial charge in [0.1, 0.15) is 0 Å². The van der Waals surface area contributed by atoms with Gasteiger partial charge in [0.15, 0.2) is 0 Å². The number of alkyl halides is 2. The average molecular weight is 624 g/mol. The highest BCUT2D eigenvalue weighted by molar-refractivity contribution is 9.12. The summed E-state index contributed by atoms with van der Waals surface area (Å²) in [4.78, 5) is 40.3. The van der Waals surface area contributed by atoms with E-state index in [-0.39, 0.29) is 28.0 Å². The molecule has 3 amide bonds. The third kappa shape index (κ3) is 4.60. The van der Waals surface area contributed by atoms with Gasteiger partial charge >= 0.3 is 0 Å². The van der Waals surface area contributed by atoms with Gasteiger partial charge in [-0.05, 0) is 54.8 Å². The van der Waals surface area contributed by atoms with Crippen molar-refractivity contribution in [2.45, 2.75) is 29.0 Å². The molecular weight excluding hydrogens is 606 g/mol. The SMILES string of the molecule is O=C(c1ccc(Cl)cc1)N(Cc1ccc(Cl)cc1Cl)N1C(=O)[C@H]2C[C@@H](Br)[C@@H](Br)C[C@H]2C1=O. The fourth-order valence-electron chi connectivity index (χ4n) is 4.10. The van der Waals surface area contributed by atoms with Crippen LogP contribution < -0.4 is 0 Å². The second kappa shape index (κ2) is 9.63. The number of hydrogen-bond acceptors (Lipinski definition) is 3. The Morgan fingerprint density at radius 2 is 1.44 bits per heavy atom. The van der Waals surface area contributed by atoms with Gasteiger partial charge < -0.3 is 0 Å². The van der Waals surface area contributed by atoms with E-state index in [2.05, 4.69) is 31.9 Å². The van der Waals surface area contributed by atoms with Crippen molar-refractivity contribution in [2.75, 3.05) is 0 Å². The molecule has 4 atom stereocenters. The zero-order valence-electron chi connectivity index (χ0n) is 16.5. The van der Waals surface area contributed by atoms with Gasteiger partial charge in [0, 0.05) is 30.3 Å². The molecule has 32 heavy (non-hydrogen) atoms. The number of carbonyl (C=O) groups excluding carboxylic acids is 3. The van der Waals surface area contributed by atoms with Gasteiger partial charge in [0.2, 0.25) is 0 Å². The van der Waals surface area contributed by atoms with Gasteiger partial charge in [0.05, 0.1) is 18.4 Å². The van der Waals surface area contributed by atoms with Crippen molar-refractivity contribution in [3.63, 3.8) is 0 Å². The number of amides is 3. The Kier molecular flexibility index (Phi) is 7.23. The van der Waals surface area contributed by atoms with E-state index < -0.39 is 17.7 Å². The average Bonchev–Trinajstić information content (AvgIpc) is 2.98. The monoisotopic (exact) mass is 620 g/mol. The molecular formula is C22H17Br2Cl3N2O3. The van der Waals surface area contributed by atoms with E-state index >= 15 is 0 Å². The lowest BCUT2D eigenvalue weighted by Crippen LogP contribution is -2.49. The van der Waals surface area contributed by atoms with E-state index in [0.29, 0.717) is 39.0 Å². The van der Waals surface area contributed by atoms with Crippen molar-refractivity contribution in [3.8, 4) is 0 Å². The Labute approximate surface area is 217 Å². The molecule has 0 spiro atoms. The number of nitrogens with zero attached hydrogens (tertiary/aromatic N) is 2. The van der Waals surface area contributed by atoms with Crippen LogP contribution in [0.2, 0.25) is 15.1 Å². The summed E-state index contributed by atoms with van der Waals surface area (Å²) in [6, 6.07) is 11.2. The number of benzene rings is 2. The van der Waals surface area contributed by atoms with E-state index in [9.17, 15) is 14.4 Å². The first-order chi connectivity index (χ1) is 15.2. The van der Waals surface area contributed by atoms with Crippen molar-refractivity contribution in [3.05, 3.63) is 68.7 Å². The molecule has 2 aromatic rings. The van der Waals surface area contributed by atoms with Gasteiger partial charge in [-0.15, -0.1) is 0 Å².